The van der Waals surface area contributed by atoms with Crippen molar-refractivity contribution in [3.8, 4) is 0 Å². The number of alkyl halides is 1. The molecule has 82 valence electrons. The monoisotopic (exact) mass is 226 g/mol. The smallest absolute Gasteiger partial charge is 0.217 e. The van der Waals surface area contributed by atoms with E-state index in [-0.39, 0.29) is 4.87 Å². The largest absolute Gasteiger partial charge is 0.447 e. The van der Waals surface area contributed by atoms with Crippen molar-refractivity contribution in [2.45, 2.75) is 24.6 Å². The first-order chi connectivity index (χ1) is 7.18. The third-order valence-corrected chi connectivity index (χ3v) is 4.25. The first-order valence-corrected chi connectivity index (χ1v) is 5.90. The van der Waals surface area contributed by atoms with Gasteiger partial charge in [-0.15, -0.1) is 11.6 Å². The van der Waals surface area contributed by atoms with E-state index < -0.39 is 0 Å². The molecule has 0 radical (unpaired) electrons. The number of halogens is 1. The van der Waals surface area contributed by atoms with E-state index in [1.165, 1.54) is 25.9 Å². The molecule has 3 nitrogen and oxygen atoms in total. The van der Waals surface area contributed by atoms with E-state index in [4.69, 9.17) is 16.0 Å². The van der Waals surface area contributed by atoms with Crippen molar-refractivity contribution in [2.75, 3.05) is 19.6 Å². The van der Waals surface area contributed by atoms with Crippen LogP contribution in [-0.4, -0.2) is 29.5 Å². The third-order valence-electron chi connectivity index (χ3n) is 3.66. The van der Waals surface area contributed by atoms with Crippen LogP contribution in [0.5, 0.6) is 0 Å². The number of piperidine rings is 3. The van der Waals surface area contributed by atoms with Crippen molar-refractivity contribution in [1.82, 2.24) is 9.88 Å². The highest BCUT2D eigenvalue weighted by molar-refractivity contribution is 6.24. The van der Waals surface area contributed by atoms with Crippen LogP contribution in [0.2, 0.25) is 0 Å². The molecule has 3 fully saturated rings. The number of oxazole rings is 1. The molecule has 1 aromatic heterocycles. The summed E-state index contributed by atoms with van der Waals surface area (Å²) >= 11 is 6.71. The second-order valence-electron chi connectivity index (χ2n) is 4.71. The van der Waals surface area contributed by atoms with Gasteiger partial charge in [0.05, 0.1) is 5.69 Å². The lowest BCUT2D eigenvalue weighted by Crippen LogP contribution is -2.54. The van der Waals surface area contributed by atoms with Crippen LogP contribution in [0.1, 0.15) is 24.4 Å². The van der Waals surface area contributed by atoms with Crippen LogP contribution >= 0.6 is 11.6 Å². The summed E-state index contributed by atoms with van der Waals surface area (Å²) in [5.74, 6) is 1.25. The van der Waals surface area contributed by atoms with E-state index in [1.54, 1.807) is 6.26 Å². The van der Waals surface area contributed by atoms with Gasteiger partial charge in [0.2, 0.25) is 5.89 Å². The average molecular weight is 227 g/mol. The van der Waals surface area contributed by atoms with Crippen LogP contribution in [0.4, 0.5) is 0 Å². The molecule has 4 heteroatoms. The van der Waals surface area contributed by atoms with Crippen molar-refractivity contribution in [3.63, 3.8) is 0 Å². The molecular formula is C11H15ClN2O. The van der Waals surface area contributed by atoms with Crippen molar-refractivity contribution in [2.24, 2.45) is 5.92 Å². The Balaban J connectivity index is 1.96. The molecule has 1 unspecified atom stereocenters. The van der Waals surface area contributed by atoms with E-state index in [2.05, 4.69) is 9.88 Å². The van der Waals surface area contributed by atoms with E-state index in [0.717, 1.165) is 18.1 Å². The lowest BCUT2D eigenvalue weighted by molar-refractivity contribution is 0.0537. The first-order valence-electron chi connectivity index (χ1n) is 5.52. The zero-order valence-electron chi connectivity index (χ0n) is 8.87. The summed E-state index contributed by atoms with van der Waals surface area (Å²) in [6.07, 6.45) is 4.03. The predicted molar refractivity (Wildman–Crippen MR) is 57.9 cm³/mol. The fourth-order valence-corrected chi connectivity index (χ4v) is 3.26. The molecule has 3 aliphatic heterocycles. The lowest BCUT2D eigenvalue weighted by atomic mass is 9.78. The van der Waals surface area contributed by atoms with Gasteiger partial charge in [-0.2, -0.15) is 0 Å². The number of fused-ring (bicyclic) bond motifs is 3. The van der Waals surface area contributed by atoms with E-state index >= 15 is 0 Å². The molecule has 0 N–H and O–H groups in total. The minimum atomic E-state index is -0.370. The molecule has 4 heterocycles. The molecule has 0 amide bonds. The Morgan fingerprint density at radius 3 is 2.73 bits per heavy atom. The highest BCUT2D eigenvalue weighted by Gasteiger charge is 2.49. The Hall–Kier alpha value is -0.540. The van der Waals surface area contributed by atoms with Gasteiger partial charge in [0.15, 0.2) is 0 Å². The maximum absolute atomic E-state index is 6.71. The summed E-state index contributed by atoms with van der Waals surface area (Å²) in [4.78, 5) is 6.44. The molecule has 1 aromatic rings. The molecule has 15 heavy (non-hydrogen) atoms. The summed E-state index contributed by atoms with van der Waals surface area (Å²) in [7, 11) is 0. The summed E-state index contributed by atoms with van der Waals surface area (Å²) < 4.78 is 5.49. The van der Waals surface area contributed by atoms with Crippen molar-refractivity contribution >= 4 is 11.6 Å². The van der Waals surface area contributed by atoms with Crippen molar-refractivity contribution in [1.29, 1.82) is 0 Å². The Kier molecular flexibility index (Phi) is 2.08. The molecule has 4 rings (SSSR count). The Labute approximate surface area is 94.4 Å². The molecule has 1 atom stereocenters. The van der Waals surface area contributed by atoms with Crippen molar-refractivity contribution < 1.29 is 4.42 Å². The molecule has 0 spiro atoms. The average Bonchev–Trinajstić information content (AvgIpc) is 2.67. The predicted octanol–water partition coefficient (Wildman–Crippen LogP) is 2.14. The van der Waals surface area contributed by atoms with Crippen LogP contribution < -0.4 is 0 Å². The maximum atomic E-state index is 6.71. The first kappa shape index (κ1) is 9.67. The quantitative estimate of drug-likeness (QED) is 0.688. The second kappa shape index (κ2) is 3.22. The number of hydrogen-bond donors (Lipinski definition) is 0. The van der Waals surface area contributed by atoms with Gasteiger partial charge in [-0.3, -0.25) is 0 Å². The number of aryl methyl sites for hydroxylation is 1. The minimum Gasteiger partial charge on any atom is -0.447 e. The zero-order valence-corrected chi connectivity index (χ0v) is 9.63. The van der Waals surface area contributed by atoms with Gasteiger partial charge >= 0.3 is 0 Å². The Morgan fingerprint density at radius 1 is 1.53 bits per heavy atom. The molecule has 0 aliphatic carbocycles. The van der Waals surface area contributed by atoms with Crippen LogP contribution in [-0.2, 0) is 4.87 Å². The summed E-state index contributed by atoms with van der Waals surface area (Å²) in [5, 5.41) is 0. The fourth-order valence-electron chi connectivity index (χ4n) is 2.79. The zero-order chi connectivity index (χ0) is 10.5. The molecule has 3 saturated heterocycles. The third kappa shape index (κ3) is 1.41. The minimum absolute atomic E-state index is 0.370. The van der Waals surface area contributed by atoms with Crippen LogP contribution in [0, 0.1) is 12.8 Å². The van der Waals surface area contributed by atoms with Gasteiger partial charge in [0.1, 0.15) is 11.1 Å². The van der Waals surface area contributed by atoms with E-state index in [9.17, 15) is 0 Å². The molecule has 3 aliphatic rings. The Morgan fingerprint density at radius 2 is 2.27 bits per heavy atom. The highest BCUT2D eigenvalue weighted by Crippen LogP contribution is 2.46. The van der Waals surface area contributed by atoms with Gasteiger partial charge < -0.3 is 9.32 Å². The topological polar surface area (TPSA) is 29.3 Å². The number of rotatable bonds is 1. The van der Waals surface area contributed by atoms with Gasteiger partial charge in [-0.25, -0.2) is 4.98 Å². The highest BCUT2D eigenvalue weighted by atomic mass is 35.5. The fraction of sp³-hybridized carbons (Fsp3) is 0.727. The standard InChI is InChI=1S/C11H15ClN2O/c1-8-6-15-10(13-8)11(12)7-14-4-2-9(11)3-5-14/h6,9H,2-5,7H2,1H3. The van der Waals surface area contributed by atoms with Crippen molar-refractivity contribution in [3.05, 3.63) is 17.8 Å². The Bertz CT molecular complexity index is 370. The maximum Gasteiger partial charge on any atom is 0.217 e. The number of hydrogen-bond acceptors (Lipinski definition) is 3. The van der Waals surface area contributed by atoms with Crippen LogP contribution in [0.15, 0.2) is 10.7 Å². The van der Waals surface area contributed by atoms with Crippen LogP contribution in [0.3, 0.4) is 0 Å². The summed E-state index contributed by atoms with van der Waals surface area (Å²) in [6, 6.07) is 0. The SMILES string of the molecule is Cc1coc(C2(Cl)CN3CCC2CC3)n1. The van der Waals surface area contributed by atoms with Gasteiger partial charge in [-0.1, -0.05) is 0 Å². The molecule has 2 bridgehead atoms. The van der Waals surface area contributed by atoms with E-state index in [0.29, 0.717) is 5.92 Å². The number of aromatic nitrogens is 1. The molecular weight excluding hydrogens is 212 g/mol. The van der Waals surface area contributed by atoms with E-state index in [1.807, 2.05) is 6.92 Å². The van der Waals surface area contributed by atoms with Crippen LogP contribution in [0.25, 0.3) is 0 Å². The number of nitrogens with zero attached hydrogens (tertiary/aromatic N) is 2. The van der Waals surface area contributed by atoms with Gasteiger partial charge in [0, 0.05) is 6.54 Å². The summed E-state index contributed by atoms with van der Waals surface area (Å²) in [5.41, 5.74) is 0.918. The summed E-state index contributed by atoms with van der Waals surface area (Å²) in [6.45, 7) is 5.19. The lowest BCUT2D eigenvalue weighted by Gasteiger charge is -2.48. The molecule has 0 aromatic carbocycles. The molecule has 0 saturated carbocycles. The second-order valence-corrected chi connectivity index (χ2v) is 5.38. The van der Waals surface area contributed by atoms with Gasteiger partial charge in [-0.05, 0) is 38.8 Å². The normalized spacial score (nSPS) is 39.6. The van der Waals surface area contributed by atoms with Gasteiger partial charge in [0.25, 0.3) is 0 Å².